The maximum absolute atomic E-state index is 9.41. The molecule has 0 aromatic heterocycles. The van der Waals surface area contributed by atoms with Gasteiger partial charge in [-0.15, -0.1) is 0 Å². The van der Waals surface area contributed by atoms with Crippen LogP contribution in [0, 0.1) is 13.8 Å². The van der Waals surface area contributed by atoms with Gasteiger partial charge >= 0.3 is 0 Å². The number of hydrogen-bond acceptors (Lipinski definition) is 6. The number of aromatic hydroxyl groups is 2. The Morgan fingerprint density at radius 3 is 1.27 bits per heavy atom. The van der Waals surface area contributed by atoms with Gasteiger partial charge in [0.2, 0.25) is 0 Å². The van der Waals surface area contributed by atoms with Crippen molar-refractivity contribution >= 4 is 22.7 Å². The van der Waals surface area contributed by atoms with Gasteiger partial charge in [0.05, 0.1) is 22.7 Å². The molecule has 0 unspecified atom stereocenters. The van der Waals surface area contributed by atoms with Crippen LogP contribution in [-0.4, -0.2) is 10.2 Å². The van der Waals surface area contributed by atoms with Gasteiger partial charge < -0.3 is 10.2 Å². The SMILES string of the molecule is Cc1cc(O)ccc1N=Nc1ccc(N=Nc2ccc(O)cc2C)cc1. The summed E-state index contributed by atoms with van der Waals surface area (Å²) in [4.78, 5) is 0. The zero-order valence-corrected chi connectivity index (χ0v) is 14.5. The fourth-order valence-corrected chi connectivity index (χ4v) is 2.31. The zero-order chi connectivity index (χ0) is 18.5. The summed E-state index contributed by atoms with van der Waals surface area (Å²) in [5, 5.41) is 35.6. The molecule has 3 aromatic carbocycles. The van der Waals surface area contributed by atoms with Crippen molar-refractivity contribution in [3.8, 4) is 11.5 Å². The van der Waals surface area contributed by atoms with E-state index in [1.807, 2.05) is 13.8 Å². The Morgan fingerprint density at radius 1 is 0.538 bits per heavy atom. The van der Waals surface area contributed by atoms with E-state index in [-0.39, 0.29) is 11.5 Å². The first-order valence-corrected chi connectivity index (χ1v) is 8.04. The van der Waals surface area contributed by atoms with E-state index >= 15 is 0 Å². The maximum Gasteiger partial charge on any atom is 0.115 e. The summed E-state index contributed by atoms with van der Waals surface area (Å²) < 4.78 is 0. The number of phenolic OH excluding ortho intramolecular Hbond substituents is 2. The highest BCUT2D eigenvalue weighted by molar-refractivity contribution is 5.52. The Kier molecular flexibility index (Phi) is 5.03. The van der Waals surface area contributed by atoms with E-state index in [2.05, 4.69) is 20.5 Å². The van der Waals surface area contributed by atoms with Crippen LogP contribution in [0.1, 0.15) is 11.1 Å². The van der Waals surface area contributed by atoms with E-state index in [0.717, 1.165) is 11.1 Å². The molecule has 0 heterocycles. The second kappa shape index (κ2) is 7.57. The summed E-state index contributed by atoms with van der Waals surface area (Å²) in [7, 11) is 0. The zero-order valence-electron chi connectivity index (χ0n) is 14.5. The lowest BCUT2D eigenvalue weighted by atomic mass is 10.2. The third-order valence-electron chi connectivity index (χ3n) is 3.76. The van der Waals surface area contributed by atoms with Crippen molar-refractivity contribution in [2.24, 2.45) is 20.5 Å². The molecular weight excluding hydrogens is 328 g/mol. The van der Waals surface area contributed by atoms with Gasteiger partial charge in [-0.1, -0.05) is 0 Å². The molecule has 3 aromatic rings. The standard InChI is InChI=1S/C20H18N4O2/c1-13-11-17(25)7-9-19(13)23-21-15-3-5-16(6-4-15)22-24-20-10-8-18(26)12-14(20)2/h3-12,25-26H,1-2H3. The van der Waals surface area contributed by atoms with Crippen LogP contribution in [0.5, 0.6) is 11.5 Å². The fraction of sp³-hybridized carbons (Fsp3) is 0.100. The first kappa shape index (κ1) is 17.3. The number of azo groups is 2. The lowest BCUT2D eigenvalue weighted by molar-refractivity contribution is 0.474. The van der Waals surface area contributed by atoms with Crippen LogP contribution < -0.4 is 0 Å². The average molecular weight is 346 g/mol. The van der Waals surface area contributed by atoms with Crippen LogP contribution >= 0.6 is 0 Å². The molecule has 0 aliphatic heterocycles. The van der Waals surface area contributed by atoms with Crippen LogP contribution in [0.15, 0.2) is 81.1 Å². The maximum atomic E-state index is 9.41. The number of benzene rings is 3. The van der Waals surface area contributed by atoms with E-state index in [1.54, 1.807) is 60.7 Å². The predicted octanol–water partition coefficient (Wildman–Crippen LogP) is 6.55. The van der Waals surface area contributed by atoms with Crippen molar-refractivity contribution in [2.45, 2.75) is 13.8 Å². The Labute approximate surface area is 151 Å². The van der Waals surface area contributed by atoms with Gasteiger partial charge in [-0.25, -0.2) is 0 Å². The van der Waals surface area contributed by atoms with Crippen molar-refractivity contribution in [3.63, 3.8) is 0 Å². The first-order chi connectivity index (χ1) is 12.5. The number of phenols is 2. The minimum absolute atomic E-state index is 0.208. The van der Waals surface area contributed by atoms with Crippen LogP contribution in [0.4, 0.5) is 22.7 Å². The fourth-order valence-electron chi connectivity index (χ4n) is 2.31. The van der Waals surface area contributed by atoms with Gasteiger partial charge in [0.25, 0.3) is 0 Å². The molecule has 6 heteroatoms. The van der Waals surface area contributed by atoms with Crippen LogP contribution in [-0.2, 0) is 0 Å². The number of rotatable bonds is 4. The van der Waals surface area contributed by atoms with E-state index in [4.69, 9.17) is 0 Å². The van der Waals surface area contributed by atoms with Crippen molar-refractivity contribution in [1.82, 2.24) is 0 Å². The molecule has 0 aliphatic rings. The summed E-state index contributed by atoms with van der Waals surface area (Å²) in [6.45, 7) is 3.73. The van der Waals surface area contributed by atoms with Crippen molar-refractivity contribution in [2.75, 3.05) is 0 Å². The van der Waals surface area contributed by atoms with Crippen molar-refractivity contribution < 1.29 is 10.2 Å². The molecule has 0 atom stereocenters. The lowest BCUT2D eigenvalue weighted by Crippen LogP contribution is -1.74. The monoisotopic (exact) mass is 346 g/mol. The highest BCUT2D eigenvalue weighted by atomic mass is 16.3. The quantitative estimate of drug-likeness (QED) is 0.525. The molecule has 0 bridgehead atoms. The summed E-state index contributed by atoms with van der Waals surface area (Å²) in [5.74, 6) is 0.417. The Balaban J connectivity index is 1.72. The predicted molar refractivity (Wildman–Crippen MR) is 100 cm³/mol. The molecule has 0 radical (unpaired) electrons. The van der Waals surface area contributed by atoms with Gasteiger partial charge in [0, 0.05) is 0 Å². The Morgan fingerprint density at radius 2 is 0.923 bits per heavy atom. The largest absolute Gasteiger partial charge is 0.508 e. The second-order valence-electron chi connectivity index (χ2n) is 5.86. The summed E-state index contributed by atoms with van der Waals surface area (Å²) in [5.41, 5.74) is 4.49. The highest BCUT2D eigenvalue weighted by Gasteiger charge is 2.00. The van der Waals surface area contributed by atoms with Gasteiger partial charge in [-0.3, -0.25) is 0 Å². The van der Waals surface area contributed by atoms with Crippen LogP contribution in [0.3, 0.4) is 0 Å². The molecular formula is C20H18N4O2. The second-order valence-corrected chi connectivity index (χ2v) is 5.86. The van der Waals surface area contributed by atoms with Crippen LogP contribution in [0.2, 0.25) is 0 Å². The third-order valence-corrected chi connectivity index (χ3v) is 3.76. The molecule has 2 N–H and O–H groups in total. The molecule has 130 valence electrons. The number of hydrogen-bond donors (Lipinski definition) is 2. The summed E-state index contributed by atoms with van der Waals surface area (Å²) in [6.07, 6.45) is 0. The normalized spacial score (nSPS) is 11.5. The minimum Gasteiger partial charge on any atom is -0.508 e. The number of nitrogens with zero attached hydrogens (tertiary/aromatic N) is 4. The molecule has 6 nitrogen and oxygen atoms in total. The lowest BCUT2D eigenvalue weighted by Gasteiger charge is -2.00. The molecule has 0 spiro atoms. The van der Waals surface area contributed by atoms with Gasteiger partial charge in [-0.05, 0) is 85.6 Å². The molecule has 0 saturated carbocycles. The molecule has 26 heavy (non-hydrogen) atoms. The highest BCUT2D eigenvalue weighted by Crippen LogP contribution is 2.28. The van der Waals surface area contributed by atoms with E-state index in [1.165, 1.54) is 0 Å². The van der Waals surface area contributed by atoms with Gasteiger partial charge in [-0.2, -0.15) is 20.5 Å². The van der Waals surface area contributed by atoms with E-state index < -0.39 is 0 Å². The molecule has 0 aliphatic carbocycles. The Bertz CT molecular complexity index is 899. The average Bonchev–Trinajstić information content (AvgIpc) is 2.61. The summed E-state index contributed by atoms with van der Waals surface area (Å²) in [6, 6.07) is 17.1. The molecule has 0 amide bonds. The van der Waals surface area contributed by atoms with Gasteiger partial charge in [0.15, 0.2) is 0 Å². The van der Waals surface area contributed by atoms with Crippen LogP contribution in [0.25, 0.3) is 0 Å². The van der Waals surface area contributed by atoms with Gasteiger partial charge in [0.1, 0.15) is 11.5 Å². The smallest absolute Gasteiger partial charge is 0.115 e. The molecule has 0 saturated heterocycles. The van der Waals surface area contributed by atoms with E-state index in [0.29, 0.717) is 22.7 Å². The van der Waals surface area contributed by atoms with Crippen molar-refractivity contribution in [3.05, 3.63) is 71.8 Å². The third kappa shape index (κ3) is 4.30. The van der Waals surface area contributed by atoms with E-state index in [9.17, 15) is 10.2 Å². The number of aryl methyl sites for hydroxylation is 2. The van der Waals surface area contributed by atoms with Crippen molar-refractivity contribution in [1.29, 1.82) is 0 Å². The first-order valence-electron chi connectivity index (χ1n) is 8.04. The minimum atomic E-state index is 0.208. The molecule has 3 rings (SSSR count). The molecule has 0 fully saturated rings. The summed E-state index contributed by atoms with van der Waals surface area (Å²) >= 11 is 0. The topological polar surface area (TPSA) is 89.9 Å². The Hall–Kier alpha value is -3.54.